The monoisotopic (exact) mass is 259 g/mol. The summed E-state index contributed by atoms with van der Waals surface area (Å²) in [5, 5.41) is 10.5. The first-order valence-electron chi connectivity index (χ1n) is 4.35. The second kappa shape index (κ2) is 7.11. The third-order valence-corrected chi connectivity index (χ3v) is 3.40. The summed E-state index contributed by atoms with van der Waals surface area (Å²) in [7, 11) is 0. The minimum atomic E-state index is 0.372. The summed E-state index contributed by atoms with van der Waals surface area (Å²) in [6.45, 7) is 6.07. The normalized spacial score (nSPS) is 11.0. The molecule has 3 heteroatoms. The van der Waals surface area contributed by atoms with Crippen LogP contribution in [0.15, 0.2) is 15.9 Å². The van der Waals surface area contributed by atoms with Gasteiger partial charge < -0.3 is 0 Å². The van der Waals surface area contributed by atoms with E-state index in [1.54, 1.807) is 11.3 Å². The van der Waals surface area contributed by atoms with Crippen LogP contribution in [0.1, 0.15) is 38.0 Å². The first kappa shape index (κ1) is 12.7. The van der Waals surface area contributed by atoms with Gasteiger partial charge in [-0.2, -0.15) is 5.26 Å². The lowest BCUT2D eigenvalue weighted by Gasteiger charge is -2.00. The quantitative estimate of drug-likeness (QED) is 0.765. The van der Waals surface area contributed by atoms with Crippen molar-refractivity contribution in [1.29, 1.82) is 5.26 Å². The Bertz CT molecular complexity index is 275. The molecular formula is C10H14BrNS. The molecule has 0 bridgehead atoms. The summed E-state index contributed by atoms with van der Waals surface area (Å²) in [6.07, 6.45) is 0.604. The van der Waals surface area contributed by atoms with Crippen molar-refractivity contribution in [2.75, 3.05) is 0 Å². The van der Waals surface area contributed by atoms with Gasteiger partial charge in [-0.3, -0.25) is 0 Å². The second-order valence-corrected chi connectivity index (χ2v) is 4.29. The van der Waals surface area contributed by atoms with Gasteiger partial charge in [0.05, 0.1) is 6.07 Å². The van der Waals surface area contributed by atoms with Gasteiger partial charge >= 0.3 is 0 Å². The van der Waals surface area contributed by atoms with E-state index in [9.17, 15) is 0 Å². The van der Waals surface area contributed by atoms with E-state index in [1.807, 2.05) is 19.2 Å². The van der Waals surface area contributed by atoms with Crippen LogP contribution < -0.4 is 0 Å². The van der Waals surface area contributed by atoms with Crippen molar-refractivity contribution in [2.24, 2.45) is 0 Å². The van der Waals surface area contributed by atoms with Gasteiger partial charge in [0.25, 0.3) is 0 Å². The number of nitrogens with zero attached hydrogens (tertiary/aromatic N) is 1. The van der Waals surface area contributed by atoms with Crippen molar-refractivity contribution >= 4 is 27.3 Å². The zero-order valence-electron chi connectivity index (χ0n) is 8.17. The molecule has 0 saturated heterocycles. The van der Waals surface area contributed by atoms with Crippen LogP contribution in [0.4, 0.5) is 0 Å². The first-order chi connectivity index (χ1) is 6.24. The Morgan fingerprint density at radius 2 is 2.23 bits per heavy atom. The van der Waals surface area contributed by atoms with Crippen LogP contribution in [0.3, 0.4) is 0 Å². The summed E-state index contributed by atoms with van der Waals surface area (Å²) >= 11 is 5.08. The molecule has 13 heavy (non-hydrogen) atoms. The predicted molar refractivity (Wildman–Crippen MR) is 62.0 cm³/mol. The maximum Gasteiger partial charge on any atom is 0.0628 e. The lowest BCUT2D eigenvalue weighted by Crippen LogP contribution is -1.86. The molecule has 0 radical (unpaired) electrons. The maximum atomic E-state index is 8.45. The second-order valence-electron chi connectivity index (χ2n) is 2.43. The van der Waals surface area contributed by atoms with E-state index in [1.165, 1.54) is 4.88 Å². The molecule has 0 N–H and O–H groups in total. The average Bonchev–Trinajstić information content (AvgIpc) is 2.56. The number of hydrogen-bond acceptors (Lipinski definition) is 2. The summed E-state index contributed by atoms with van der Waals surface area (Å²) in [6, 6.07) is 4.24. The molecule has 1 heterocycles. The molecule has 0 fully saturated rings. The van der Waals surface area contributed by atoms with Crippen molar-refractivity contribution in [1.82, 2.24) is 0 Å². The van der Waals surface area contributed by atoms with Gasteiger partial charge in [-0.25, -0.2) is 0 Å². The van der Waals surface area contributed by atoms with Gasteiger partial charge in [0.15, 0.2) is 0 Å². The average molecular weight is 260 g/mol. The Morgan fingerprint density at radius 1 is 1.62 bits per heavy atom. The van der Waals surface area contributed by atoms with E-state index < -0.39 is 0 Å². The highest BCUT2D eigenvalue weighted by Gasteiger charge is 2.06. The predicted octanol–water partition coefficient (Wildman–Crippen LogP) is 4.55. The molecule has 0 amide bonds. The zero-order valence-corrected chi connectivity index (χ0v) is 10.6. The lowest BCUT2D eigenvalue weighted by atomic mass is 10.1. The highest BCUT2D eigenvalue weighted by molar-refractivity contribution is 9.10. The number of thiophene rings is 1. The van der Waals surface area contributed by atoms with E-state index >= 15 is 0 Å². The molecule has 1 rings (SSSR count). The van der Waals surface area contributed by atoms with Crippen LogP contribution in [0.2, 0.25) is 0 Å². The highest BCUT2D eigenvalue weighted by Crippen LogP contribution is 2.28. The van der Waals surface area contributed by atoms with Crippen molar-refractivity contribution in [3.8, 4) is 6.07 Å². The van der Waals surface area contributed by atoms with Gasteiger partial charge in [-0.05, 0) is 22.0 Å². The van der Waals surface area contributed by atoms with Gasteiger partial charge in [0, 0.05) is 27.1 Å². The molecule has 1 aromatic heterocycles. The molecule has 0 aliphatic heterocycles. The SMILES string of the molecule is CC.CC(CC#N)c1cc(Br)cs1. The van der Waals surface area contributed by atoms with Gasteiger partial charge in [0.2, 0.25) is 0 Å². The Balaban J connectivity index is 0.000000671. The van der Waals surface area contributed by atoms with Gasteiger partial charge in [0.1, 0.15) is 0 Å². The summed E-state index contributed by atoms with van der Waals surface area (Å²) < 4.78 is 1.11. The summed E-state index contributed by atoms with van der Waals surface area (Å²) in [5.74, 6) is 0.372. The van der Waals surface area contributed by atoms with Crippen molar-refractivity contribution in [3.63, 3.8) is 0 Å². The molecular weight excluding hydrogens is 246 g/mol. The number of nitriles is 1. The maximum absolute atomic E-state index is 8.45. The molecule has 72 valence electrons. The molecule has 0 aliphatic carbocycles. The first-order valence-corrected chi connectivity index (χ1v) is 6.02. The van der Waals surface area contributed by atoms with E-state index in [-0.39, 0.29) is 0 Å². The third-order valence-electron chi connectivity index (χ3n) is 1.47. The molecule has 1 aromatic rings. The van der Waals surface area contributed by atoms with E-state index in [2.05, 4.69) is 35.0 Å². The number of hydrogen-bond donors (Lipinski definition) is 0. The summed E-state index contributed by atoms with van der Waals surface area (Å²) in [5.41, 5.74) is 0. The van der Waals surface area contributed by atoms with E-state index in [0.717, 1.165) is 4.47 Å². The molecule has 0 saturated carbocycles. The number of halogens is 1. The van der Waals surface area contributed by atoms with E-state index in [4.69, 9.17) is 5.26 Å². The van der Waals surface area contributed by atoms with Crippen molar-refractivity contribution in [3.05, 3.63) is 20.8 Å². The Kier molecular flexibility index (Phi) is 6.93. The Morgan fingerprint density at radius 3 is 2.62 bits per heavy atom. The molecule has 1 atom stereocenters. The molecule has 1 nitrogen and oxygen atoms in total. The van der Waals surface area contributed by atoms with Crippen LogP contribution in [0.5, 0.6) is 0 Å². The minimum Gasteiger partial charge on any atom is -0.198 e. The fourth-order valence-electron chi connectivity index (χ4n) is 0.824. The smallest absolute Gasteiger partial charge is 0.0628 e. The Hall–Kier alpha value is -0.330. The van der Waals surface area contributed by atoms with Crippen LogP contribution in [0, 0.1) is 11.3 Å². The molecule has 0 aliphatic rings. The summed E-state index contributed by atoms with van der Waals surface area (Å²) in [4.78, 5) is 1.28. The van der Waals surface area contributed by atoms with Gasteiger partial charge in [-0.1, -0.05) is 20.8 Å². The van der Waals surface area contributed by atoms with E-state index in [0.29, 0.717) is 12.3 Å². The zero-order chi connectivity index (χ0) is 10.3. The molecule has 1 unspecified atom stereocenters. The van der Waals surface area contributed by atoms with Crippen molar-refractivity contribution < 1.29 is 0 Å². The standard InChI is InChI=1S/C8H8BrNS.C2H6/c1-6(2-3-10)8-4-7(9)5-11-8;1-2/h4-6H,2H2,1H3;1-2H3. The largest absolute Gasteiger partial charge is 0.198 e. The third kappa shape index (κ3) is 4.44. The highest BCUT2D eigenvalue weighted by atomic mass is 79.9. The molecule has 0 spiro atoms. The van der Waals surface area contributed by atoms with Crippen LogP contribution in [-0.4, -0.2) is 0 Å². The fraction of sp³-hybridized carbons (Fsp3) is 0.500. The minimum absolute atomic E-state index is 0.372. The fourth-order valence-corrected chi connectivity index (χ4v) is 2.33. The van der Waals surface area contributed by atoms with Crippen LogP contribution >= 0.6 is 27.3 Å². The Labute approximate surface area is 92.5 Å². The molecule has 0 aromatic carbocycles. The van der Waals surface area contributed by atoms with Crippen LogP contribution in [0.25, 0.3) is 0 Å². The van der Waals surface area contributed by atoms with Crippen LogP contribution in [-0.2, 0) is 0 Å². The van der Waals surface area contributed by atoms with Crippen molar-refractivity contribution in [2.45, 2.75) is 33.1 Å². The topological polar surface area (TPSA) is 23.8 Å². The number of rotatable bonds is 2. The van der Waals surface area contributed by atoms with Gasteiger partial charge in [-0.15, -0.1) is 11.3 Å². The lowest BCUT2D eigenvalue weighted by molar-refractivity contribution is 0.806.